The van der Waals surface area contributed by atoms with Crippen LogP contribution < -0.4 is 0 Å². The topological polar surface area (TPSA) is 66.0 Å². The summed E-state index contributed by atoms with van der Waals surface area (Å²) < 4.78 is 0. The van der Waals surface area contributed by atoms with Crippen LogP contribution in [-0.2, 0) is 11.2 Å². The van der Waals surface area contributed by atoms with E-state index in [0.29, 0.717) is 6.42 Å². The predicted octanol–water partition coefficient (Wildman–Crippen LogP) is 2.71. The van der Waals surface area contributed by atoms with E-state index in [1.165, 1.54) is 5.56 Å². The van der Waals surface area contributed by atoms with Gasteiger partial charge in [0.25, 0.3) is 0 Å². The van der Waals surface area contributed by atoms with E-state index < -0.39 is 5.97 Å². The zero-order valence-electron chi connectivity index (χ0n) is 10.5. The second-order valence-corrected chi connectivity index (χ2v) is 4.48. The molecule has 2 N–H and O–H groups in total. The van der Waals surface area contributed by atoms with E-state index in [0.717, 1.165) is 22.4 Å². The summed E-state index contributed by atoms with van der Waals surface area (Å²) in [7, 11) is 0. The molecule has 2 aromatic rings. The number of carboxylic acids is 1. The van der Waals surface area contributed by atoms with Gasteiger partial charge in [0.2, 0.25) is 0 Å². The molecule has 0 bridgehead atoms. The molecule has 0 aliphatic rings. The summed E-state index contributed by atoms with van der Waals surface area (Å²) in [5.41, 5.74) is 5.33. The zero-order valence-corrected chi connectivity index (χ0v) is 10.5. The van der Waals surface area contributed by atoms with E-state index >= 15 is 0 Å². The monoisotopic (exact) mass is 244 g/mol. The SMILES string of the molecule is Cc1ccc(-c2[nH]ncc2CCC(=O)O)c(C)c1. The first-order chi connectivity index (χ1) is 8.58. The van der Waals surface area contributed by atoms with Gasteiger partial charge in [0.15, 0.2) is 0 Å². The normalized spacial score (nSPS) is 10.6. The number of aromatic nitrogens is 2. The number of aliphatic carboxylic acids is 1. The lowest BCUT2D eigenvalue weighted by Crippen LogP contribution is -1.98. The van der Waals surface area contributed by atoms with Crippen molar-refractivity contribution in [3.05, 3.63) is 41.1 Å². The number of carbonyl (C=O) groups is 1. The number of hydrogen-bond acceptors (Lipinski definition) is 2. The number of benzene rings is 1. The van der Waals surface area contributed by atoms with Crippen molar-refractivity contribution in [2.75, 3.05) is 0 Å². The molecule has 0 radical (unpaired) electrons. The third-order valence-corrected chi connectivity index (χ3v) is 2.98. The van der Waals surface area contributed by atoms with Crippen LogP contribution in [0, 0.1) is 13.8 Å². The van der Waals surface area contributed by atoms with Crippen LogP contribution in [-0.4, -0.2) is 21.3 Å². The Labute approximate surface area is 106 Å². The highest BCUT2D eigenvalue weighted by Crippen LogP contribution is 2.26. The van der Waals surface area contributed by atoms with Gasteiger partial charge in [0, 0.05) is 12.0 Å². The largest absolute Gasteiger partial charge is 0.481 e. The van der Waals surface area contributed by atoms with Gasteiger partial charge in [-0.2, -0.15) is 5.10 Å². The first-order valence-electron chi connectivity index (χ1n) is 5.89. The molecule has 4 nitrogen and oxygen atoms in total. The highest BCUT2D eigenvalue weighted by atomic mass is 16.4. The zero-order chi connectivity index (χ0) is 13.1. The highest BCUT2D eigenvalue weighted by molar-refractivity contribution is 5.70. The molecule has 0 aliphatic carbocycles. The smallest absolute Gasteiger partial charge is 0.303 e. The van der Waals surface area contributed by atoms with E-state index in [-0.39, 0.29) is 6.42 Å². The number of nitrogens with one attached hydrogen (secondary N) is 1. The number of nitrogens with zero attached hydrogens (tertiary/aromatic N) is 1. The molecule has 0 spiro atoms. The Morgan fingerprint density at radius 2 is 2.17 bits per heavy atom. The van der Waals surface area contributed by atoms with Gasteiger partial charge in [0.1, 0.15) is 0 Å². The Hall–Kier alpha value is -2.10. The van der Waals surface area contributed by atoms with Crippen molar-refractivity contribution >= 4 is 5.97 Å². The molecule has 1 heterocycles. The van der Waals surface area contributed by atoms with Gasteiger partial charge in [-0.1, -0.05) is 23.8 Å². The summed E-state index contributed by atoms with van der Waals surface area (Å²) >= 11 is 0. The average Bonchev–Trinajstić information content (AvgIpc) is 2.74. The van der Waals surface area contributed by atoms with Gasteiger partial charge in [-0.05, 0) is 31.4 Å². The summed E-state index contributed by atoms with van der Waals surface area (Å²) in [5, 5.41) is 15.7. The fourth-order valence-corrected chi connectivity index (χ4v) is 2.07. The van der Waals surface area contributed by atoms with Gasteiger partial charge < -0.3 is 5.11 Å². The van der Waals surface area contributed by atoms with E-state index in [1.54, 1.807) is 6.20 Å². The lowest BCUT2D eigenvalue weighted by atomic mass is 9.99. The van der Waals surface area contributed by atoms with Crippen LogP contribution in [0.5, 0.6) is 0 Å². The van der Waals surface area contributed by atoms with Gasteiger partial charge in [-0.15, -0.1) is 0 Å². The molecule has 0 aliphatic heterocycles. The molecule has 0 fully saturated rings. The summed E-state index contributed by atoms with van der Waals surface area (Å²) in [4.78, 5) is 10.6. The third kappa shape index (κ3) is 2.59. The van der Waals surface area contributed by atoms with Crippen molar-refractivity contribution in [3.8, 4) is 11.3 Å². The lowest BCUT2D eigenvalue weighted by molar-refractivity contribution is -0.136. The van der Waals surface area contributed by atoms with Gasteiger partial charge in [0.05, 0.1) is 11.9 Å². The molecule has 18 heavy (non-hydrogen) atoms. The second kappa shape index (κ2) is 5.04. The van der Waals surface area contributed by atoms with Crippen molar-refractivity contribution in [2.45, 2.75) is 26.7 Å². The number of aryl methyl sites for hydroxylation is 3. The molecule has 2 rings (SSSR count). The van der Waals surface area contributed by atoms with Crippen LogP contribution in [0.1, 0.15) is 23.1 Å². The van der Waals surface area contributed by atoms with Gasteiger partial charge in [-0.25, -0.2) is 0 Å². The van der Waals surface area contributed by atoms with Crippen LogP contribution in [0.2, 0.25) is 0 Å². The Balaban J connectivity index is 2.33. The summed E-state index contributed by atoms with van der Waals surface area (Å²) in [6.45, 7) is 4.10. The Kier molecular flexibility index (Phi) is 3.46. The Morgan fingerprint density at radius 1 is 1.39 bits per heavy atom. The minimum Gasteiger partial charge on any atom is -0.481 e. The third-order valence-electron chi connectivity index (χ3n) is 2.98. The average molecular weight is 244 g/mol. The molecule has 0 unspecified atom stereocenters. The lowest BCUT2D eigenvalue weighted by Gasteiger charge is -2.07. The predicted molar refractivity (Wildman–Crippen MR) is 69.5 cm³/mol. The maximum absolute atomic E-state index is 10.6. The van der Waals surface area contributed by atoms with Crippen LogP contribution in [0.4, 0.5) is 0 Å². The van der Waals surface area contributed by atoms with Crippen molar-refractivity contribution in [1.82, 2.24) is 10.2 Å². The summed E-state index contributed by atoms with van der Waals surface area (Å²) in [5.74, 6) is -0.789. The van der Waals surface area contributed by atoms with E-state index in [1.807, 2.05) is 19.1 Å². The molecule has 94 valence electrons. The van der Waals surface area contributed by atoms with Crippen LogP contribution in [0.3, 0.4) is 0 Å². The second-order valence-electron chi connectivity index (χ2n) is 4.48. The maximum Gasteiger partial charge on any atom is 0.303 e. The molecule has 0 saturated carbocycles. The highest BCUT2D eigenvalue weighted by Gasteiger charge is 2.11. The standard InChI is InChI=1S/C14H16N2O2/c1-9-3-5-12(10(2)7-9)14-11(8-15-16-14)4-6-13(17)18/h3,5,7-8H,4,6H2,1-2H3,(H,15,16)(H,17,18). The number of aromatic amines is 1. The maximum atomic E-state index is 10.6. The molecule has 1 aromatic carbocycles. The molecule has 1 aromatic heterocycles. The van der Waals surface area contributed by atoms with Gasteiger partial charge in [-0.3, -0.25) is 9.89 Å². The number of rotatable bonds is 4. The van der Waals surface area contributed by atoms with Crippen molar-refractivity contribution < 1.29 is 9.90 Å². The van der Waals surface area contributed by atoms with E-state index in [4.69, 9.17) is 5.11 Å². The van der Waals surface area contributed by atoms with Crippen LogP contribution in [0.15, 0.2) is 24.4 Å². The van der Waals surface area contributed by atoms with E-state index in [2.05, 4.69) is 23.2 Å². The minimum absolute atomic E-state index is 0.122. The molecular weight excluding hydrogens is 228 g/mol. The molecule has 0 saturated heterocycles. The Bertz CT molecular complexity index is 573. The fourth-order valence-electron chi connectivity index (χ4n) is 2.07. The first kappa shape index (κ1) is 12.4. The van der Waals surface area contributed by atoms with Gasteiger partial charge >= 0.3 is 5.97 Å². The first-order valence-corrected chi connectivity index (χ1v) is 5.89. The molecule has 0 atom stereocenters. The van der Waals surface area contributed by atoms with Crippen LogP contribution >= 0.6 is 0 Å². The summed E-state index contributed by atoms with van der Waals surface area (Å²) in [6.07, 6.45) is 2.32. The quantitative estimate of drug-likeness (QED) is 0.869. The van der Waals surface area contributed by atoms with Crippen molar-refractivity contribution in [3.63, 3.8) is 0 Å². The number of H-pyrrole nitrogens is 1. The number of carboxylic acid groups (broad SMARTS) is 1. The van der Waals surface area contributed by atoms with Crippen LogP contribution in [0.25, 0.3) is 11.3 Å². The van der Waals surface area contributed by atoms with Crippen molar-refractivity contribution in [1.29, 1.82) is 0 Å². The minimum atomic E-state index is -0.789. The molecular formula is C14H16N2O2. The summed E-state index contributed by atoms with van der Waals surface area (Å²) in [6, 6.07) is 6.20. The molecule has 0 amide bonds. The van der Waals surface area contributed by atoms with E-state index in [9.17, 15) is 4.79 Å². The number of hydrogen-bond donors (Lipinski definition) is 2. The fraction of sp³-hybridized carbons (Fsp3) is 0.286. The molecule has 4 heteroatoms. The van der Waals surface area contributed by atoms with Crippen molar-refractivity contribution in [2.24, 2.45) is 0 Å². The Morgan fingerprint density at radius 3 is 2.83 bits per heavy atom.